The molecule has 1 aromatic carbocycles. The van der Waals surface area contributed by atoms with Gasteiger partial charge in [-0.15, -0.1) is 0 Å². The highest BCUT2D eigenvalue weighted by Crippen LogP contribution is 2.14. The lowest BCUT2D eigenvalue weighted by atomic mass is 10.0. The fourth-order valence-electron chi connectivity index (χ4n) is 1.54. The van der Waals surface area contributed by atoms with Crippen molar-refractivity contribution in [2.24, 2.45) is 5.92 Å². The van der Waals surface area contributed by atoms with Gasteiger partial charge in [-0.1, -0.05) is 32.4 Å². The second-order valence-corrected chi connectivity index (χ2v) is 6.15. The second-order valence-electron chi connectivity index (χ2n) is 4.41. The van der Waals surface area contributed by atoms with E-state index in [9.17, 15) is 13.5 Å². The number of sulfonamides is 1. The smallest absolute Gasteiger partial charge is 0.241 e. The van der Waals surface area contributed by atoms with Crippen molar-refractivity contribution in [2.45, 2.75) is 31.3 Å². The number of rotatable bonds is 6. The fraction of sp³-hybridized carbons (Fsp3) is 0.462. The van der Waals surface area contributed by atoms with Crippen LogP contribution >= 0.6 is 0 Å². The summed E-state index contributed by atoms with van der Waals surface area (Å²) >= 11 is 0. The zero-order valence-electron chi connectivity index (χ0n) is 11.0. The standard InChI is InChI=1S/C13H18N2O3S/c1-3-10(2)12(16)9-15-19(17,18)13-7-5-4-6-11(13)8-14/h4-7,10,12,15-16H,3,9H2,1-2H3. The molecule has 0 aromatic heterocycles. The molecule has 0 spiro atoms. The Balaban J connectivity index is 2.86. The van der Waals surface area contributed by atoms with Crippen LogP contribution in [0.1, 0.15) is 25.8 Å². The maximum absolute atomic E-state index is 12.1. The largest absolute Gasteiger partial charge is 0.391 e. The van der Waals surface area contributed by atoms with E-state index in [1.807, 2.05) is 19.9 Å². The van der Waals surface area contributed by atoms with Gasteiger partial charge >= 0.3 is 0 Å². The van der Waals surface area contributed by atoms with E-state index in [0.717, 1.165) is 6.42 Å². The second kappa shape index (κ2) is 6.66. The number of nitrogens with zero attached hydrogens (tertiary/aromatic N) is 1. The normalized spacial score (nSPS) is 14.6. The lowest BCUT2D eigenvalue weighted by Gasteiger charge is -2.17. The monoisotopic (exact) mass is 282 g/mol. The van der Waals surface area contributed by atoms with Gasteiger partial charge in [0.1, 0.15) is 6.07 Å². The van der Waals surface area contributed by atoms with Crippen molar-refractivity contribution < 1.29 is 13.5 Å². The molecule has 0 fully saturated rings. The van der Waals surface area contributed by atoms with E-state index < -0.39 is 16.1 Å². The SMILES string of the molecule is CCC(C)C(O)CNS(=O)(=O)c1ccccc1C#N. The molecular formula is C13H18N2O3S. The van der Waals surface area contributed by atoms with E-state index in [1.165, 1.54) is 12.1 Å². The van der Waals surface area contributed by atoms with E-state index in [0.29, 0.717) is 0 Å². The molecule has 19 heavy (non-hydrogen) atoms. The first-order chi connectivity index (χ1) is 8.92. The molecule has 0 radical (unpaired) electrons. The third-order valence-corrected chi connectivity index (χ3v) is 4.56. The van der Waals surface area contributed by atoms with E-state index >= 15 is 0 Å². The van der Waals surface area contributed by atoms with Crippen LogP contribution in [-0.2, 0) is 10.0 Å². The molecule has 2 unspecified atom stereocenters. The molecule has 0 heterocycles. The maximum atomic E-state index is 12.1. The van der Waals surface area contributed by atoms with Crippen molar-refractivity contribution in [3.8, 4) is 6.07 Å². The summed E-state index contributed by atoms with van der Waals surface area (Å²) in [7, 11) is -3.77. The van der Waals surface area contributed by atoms with Crippen LogP contribution in [0.2, 0.25) is 0 Å². The molecule has 0 aliphatic rings. The van der Waals surface area contributed by atoms with Gasteiger partial charge in [-0.2, -0.15) is 5.26 Å². The summed E-state index contributed by atoms with van der Waals surface area (Å²) in [6.45, 7) is 3.71. The van der Waals surface area contributed by atoms with Crippen LogP contribution in [0.25, 0.3) is 0 Å². The summed E-state index contributed by atoms with van der Waals surface area (Å²) in [5.74, 6) is 0.00825. The zero-order chi connectivity index (χ0) is 14.5. The van der Waals surface area contributed by atoms with Gasteiger partial charge in [0.15, 0.2) is 0 Å². The molecule has 2 N–H and O–H groups in total. The maximum Gasteiger partial charge on any atom is 0.241 e. The predicted molar refractivity (Wildman–Crippen MR) is 71.8 cm³/mol. The molecule has 5 nitrogen and oxygen atoms in total. The Morgan fingerprint density at radius 1 is 1.42 bits per heavy atom. The highest BCUT2D eigenvalue weighted by atomic mass is 32.2. The number of benzene rings is 1. The van der Waals surface area contributed by atoms with E-state index in [2.05, 4.69) is 4.72 Å². The molecule has 0 saturated heterocycles. The Morgan fingerprint density at radius 2 is 2.05 bits per heavy atom. The van der Waals surface area contributed by atoms with Crippen LogP contribution in [0.4, 0.5) is 0 Å². The van der Waals surface area contributed by atoms with Gasteiger partial charge in [0.2, 0.25) is 10.0 Å². The number of aliphatic hydroxyl groups is 1. The zero-order valence-corrected chi connectivity index (χ0v) is 11.8. The Kier molecular flexibility index (Phi) is 5.48. The van der Waals surface area contributed by atoms with Crippen molar-refractivity contribution in [2.75, 3.05) is 6.54 Å². The van der Waals surface area contributed by atoms with Gasteiger partial charge in [0.05, 0.1) is 16.6 Å². The molecule has 0 amide bonds. The molecule has 1 rings (SSSR count). The Morgan fingerprint density at radius 3 is 2.63 bits per heavy atom. The quantitative estimate of drug-likeness (QED) is 0.821. The highest BCUT2D eigenvalue weighted by molar-refractivity contribution is 7.89. The van der Waals surface area contributed by atoms with Crippen molar-refractivity contribution in [1.82, 2.24) is 4.72 Å². The lowest BCUT2D eigenvalue weighted by molar-refractivity contribution is 0.118. The van der Waals surface area contributed by atoms with Crippen LogP contribution in [-0.4, -0.2) is 26.2 Å². The van der Waals surface area contributed by atoms with Gasteiger partial charge in [-0.05, 0) is 18.1 Å². The van der Waals surface area contributed by atoms with Crippen LogP contribution in [0.3, 0.4) is 0 Å². The van der Waals surface area contributed by atoms with Crippen molar-refractivity contribution in [3.05, 3.63) is 29.8 Å². The Hall–Kier alpha value is -1.42. The highest BCUT2D eigenvalue weighted by Gasteiger charge is 2.20. The van der Waals surface area contributed by atoms with Gasteiger partial charge in [0, 0.05) is 6.54 Å². The number of hydrogen-bond donors (Lipinski definition) is 2. The number of hydrogen-bond acceptors (Lipinski definition) is 4. The average molecular weight is 282 g/mol. The van der Waals surface area contributed by atoms with E-state index in [1.54, 1.807) is 12.1 Å². The molecule has 0 bridgehead atoms. The molecule has 0 saturated carbocycles. The van der Waals surface area contributed by atoms with Crippen molar-refractivity contribution in [1.29, 1.82) is 5.26 Å². The average Bonchev–Trinajstić information content (AvgIpc) is 2.43. The minimum absolute atomic E-state index is 0.00825. The topological polar surface area (TPSA) is 90.2 Å². The van der Waals surface area contributed by atoms with Crippen molar-refractivity contribution in [3.63, 3.8) is 0 Å². The molecule has 104 valence electrons. The summed E-state index contributed by atoms with van der Waals surface area (Å²) in [4.78, 5) is -0.0612. The van der Waals surface area contributed by atoms with Gasteiger partial charge in [-0.3, -0.25) is 0 Å². The first-order valence-corrected chi connectivity index (χ1v) is 7.57. The molecule has 1 aromatic rings. The number of nitriles is 1. The minimum atomic E-state index is -3.77. The summed E-state index contributed by atoms with van der Waals surface area (Å²) in [5.41, 5.74) is 0.0908. The van der Waals surface area contributed by atoms with E-state index in [-0.39, 0.29) is 22.9 Å². The first-order valence-electron chi connectivity index (χ1n) is 6.09. The summed E-state index contributed by atoms with van der Waals surface area (Å²) in [5, 5.41) is 18.7. The third kappa shape index (κ3) is 4.03. The fourth-order valence-corrected chi connectivity index (χ4v) is 2.75. The summed E-state index contributed by atoms with van der Waals surface area (Å²) < 4.78 is 26.4. The summed E-state index contributed by atoms with van der Waals surface area (Å²) in [6, 6.07) is 7.82. The molecule has 2 atom stereocenters. The van der Waals surface area contributed by atoms with Crippen molar-refractivity contribution >= 4 is 10.0 Å². The van der Waals surface area contributed by atoms with Gasteiger partial charge in [-0.25, -0.2) is 13.1 Å². The number of aliphatic hydroxyl groups excluding tert-OH is 1. The first kappa shape index (κ1) is 15.6. The van der Waals surface area contributed by atoms with E-state index in [4.69, 9.17) is 5.26 Å². The Bertz CT molecular complexity index is 563. The lowest BCUT2D eigenvalue weighted by Crippen LogP contribution is -2.35. The van der Waals surface area contributed by atoms with Gasteiger partial charge in [0.25, 0.3) is 0 Å². The molecule has 0 aliphatic carbocycles. The third-order valence-electron chi connectivity index (χ3n) is 3.08. The van der Waals surface area contributed by atoms with Crippen LogP contribution in [0.5, 0.6) is 0 Å². The molecular weight excluding hydrogens is 264 g/mol. The van der Waals surface area contributed by atoms with Crippen LogP contribution in [0, 0.1) is 17.2 Å². The minimum Gasteiger partial charge on any atom is -0.391 e. The van der Waals surface area contributed by atoms with Gasteiger partial charge < -0.3 is 5.11 Å². The Labute approximate surface area is 113 Å². The molecule has 6 heteroatoms. The summed E-state index contributed by atoms with van der Waals surface area (Å²) in [6.07, 6.45) is 0.0199. The number of nitrogens with one attached hydrogen (secondary N) is 1. The van der Waals surface area contributed by atoms with Crippen LogP contribution < -0.4 is 4.72 Å². The van der Waals surface area contributed by atoms with Crippen LogP contribution in [0.15, 0.2) is 29.2 Å². The predicted octanol–water partition coefficient (Wildman–Crippen LogP) is 1.24. The molecule has 0 aliphatic heterocycles.